The number of nitro groups is 1. The Morgan fingerprint density at radius 2 is 1.92 bits per heavy atom. The van der Waals surface area contributed by atoms with Gasteiger partial charge in [-0.25, -0.2) is 13.1 Å². The summed E-state index contributed by atoms with van der Waals surface area (Å²) in [5.41, 5.74) is 0.0547. The van der Waals surface area contributed by atoms with Gasteiger partial charge in [-0.15, -0.1) is 0 Å². The fourth-order valence-electron chi connectivity index (χ4n) is 2.35. The Hall–Kier alpha value is -1.71. The number of nitro benzene ring substituents is 1. The third-order valence-corrected chi connectivity index (χ3v) is 5.16. The molecule has 2 N–H and O–H groups in total. The van der Waals surface area contributed by atoms with Gasteiger partial charge in [0.1, 0.15) is 5.69 Å². The van der Waals surface area contributed by atoms with Crippen LogP contribution >= 0.6 is 0 Å². The maximum Gasteiger partial charge on any atom is 0.293 e. The fraction of sp³-hybridized carbons (Fsp3) is 0.600. The van der Waals surface area contributed by atoms with E-state index in [0.29, 0.717) is 18.2 Å². The van der Waals surface area contributed by atoms with Gasteiger partial charge in [-0.05, 0) is 45.6 Å². The first kappa shape index (κ1) is 20.3. The molecule has 0 amide bonds. The molecule has 1 aromatic rings. The number of sulfonamides is 1. The van der Waals surface area contributed by atoms with Crippen molar-refractivity contribution in [2.75, 3.05) is 33.0 Å². The quantitative estimate of drug-likeness (QED) is 0.516. The van der Waals surface area contributed by atoms with Gasteiger partial charge in [-0.1, -0.05) is 13.8 Å². The van der Waals surface area contributed by atoms with Crippen LogP contribution in [-0.2, 0) is 10.0 Å². The molecule has 0 bridgehead atoms. The molecule has 1 rings (SSSR count). The summed E-state index contributed by atoms with van der Waals surface area (Å²) in [6.07, 6.45) is 0.944. The first-order valence-corrected chi connectivity index (χ1v) is 9.19. The molecule has 136 valence electrons. The van der Waals surface area contributed by atoms with Crippen molar-refractivity contribution < 1.29 is 13.3 Å². The lowest BCUT2D eigenvalue weighted by Gasteiger charge is -2.26. The van der Waals surface area contributed by atoms with Crippen LogP contribution in [0.4, 0.5) is 11.4 Å². The van der Waals surface area contributed by atoms with Crippen LogP contribution in [0.5, 0.6) is 0 Å². The van der Waals surface area contributed by atoms with Crippen LogP contribution in [0.1, 0.15) is 20.3 Å². The Bertz CT molecular complexity index is 674. The van der Waals surface area contributed by atoms with Crippen LogP contribution in [0.3, 0.4) is 0 Å². The standard InChI is InChI=1S/C15H26N4O4S/c1-11(2)8-12(18(4)5)10-17-14-7-6-13(24(22,23)16-3)9-15(14)19(20)21/h6-7,9,11-12,16-17H,8,10H2,1-5H3. The lowest BCUT2D eigenvalue weighted by atomic mass is 10.0. The molecule has 9 heteroatoms. The summed E-state index contributed by atoms with van der Waals surface area (Å²) in [6, 6.07) is 4.07. The van der Waals surface area contributed by atoms with E-state index in [-0.39, 0.29) is 16.6 Å². The van der Waals surface area contributed by atoms with E-state index in [0.717, 1.165) is 12.5 Å². The molecule has 1 unspecified atom stereocenters. The van der Waals surface area contributed by atoms with Gasteiger partial charge in [0.25, 0.3) is 5.69 Å². The minimum atomic E-state index is -3.72. The maximum absolute atomic E-state index is 11.8. The minimum Gasteiger partial charge on any atom is -0.378 e. The number of benzene rings is 1. The first-order chi connectivity index (χ1) is 11.1. The maximum atomic E-state index is 11.8. The highest BCUT2D eigenvalue weighted by atomic mass is 32.2. The van der Waals surface area contributed by atoms with Gasteiger partial charge in [-0.2, -0.15) is 0 Å². The molecular formula is C15H26N4O4S. The predicted octanol–water partition coefficient (Wildman–Crippen LogP) is 1.89. The second-order valence-electron chi connectivity index (χ2n) is 6.27. The zero-order valence-electron chi connectivity index (χ0n) is 14.7. The van der Waals surface area contributed by atoms with Crippen LogP contribution < -0.4 is 10.0 Å². The molecule has 0 aromatic heterocycles. The van der Waals surface area contributed by atoms with E-state index < -0.39 is 14.9 Å². The molecule has 0 spiro atoms. The van der Waals surface area contributed by atoms with Crippen molar-refractivity contribution in [3.05, 3.63) is 28.3 Å². The molecule has 0 aliphatic rings. The van der Waals surface area contributed by atoms with E-state index in [1.165, 1.54) is 19.2 Å². The number of likely N-dealkylation sites (N-methyl/N-ethyl adjacent to an activating group) is 1. The number of nitrogens with zero attached hydrogens (tertiary/aromatic N) is 2. The topological polar surface area (TPSA) is 105 Å². The largest absolute Gasteiger partial charge is 0.378 e. The molecular weight excluding hydrogens is 332 g/mol. The third kappa shape index (κ3) is 5.43. The van der Waals surface area contributed by atoms with Gasteiger partial charge in [0, 0.05) is 18.7 Å². The molecule has 0 saturated carbocycles. The molecule has 1 atom stereocenters. The van der Waals surface area contributed by atoms with E-state index in [1.807, 2.05) is 14.1 Å². The van der Waals surface area contributed by atoms with Gasteiger partial charge in [-0.3, -0.25) is 10.1 Å². The van der Waals surface area contributed by atoms with Crippen molar-refractivity contribution in [2.24, 2.45) is 5.92 Å². The summed E-state index contributed by atoms with van der Waals surface area (Å²) in [5, 5.41) is 14.4. The third-order valence-electron chi connectivity index (χ3n) is 3.75. The Morgan fingerprint density at radius 3 is 2.38 bits per heavy atom. The SMILES string of the molecule is CNS(=O)(=O)c1ccc(NCC(CC(C)C)N(C)C)c([N+](=O)[O-])c1. The van der Waals surface area contributed by atoms with Gasteiger partial charge >= 0.3 is 0 Å². The normalized spacial score (nSPS) is 13.3. The number of anilines is 1. The van der Waals surface area contributed by atoms with Crippen molar-refractivity contribution >= 4 is 21.4 Å². The van der Waals surface area contributed by atoms with E-state index in [2.05, 4.69) is 28.8 Å². The predicted molar refractivity (Wildman–Crippen MR) is 94.8 cm³/mol. The lowest BCUT2D eigenvalue weighted by molar-refractivity contribution is -0.384. The number of nitrogens with one attached hydrogen (secondary N) is 2. The van der Waals surface area contributed by atoms with E-state index in [9.17, 15) is 18.5 Å². The monoisotopic (exact) mass is 358 g/mol. The van der Waals surface area contributed by atoms with Crippen molar-refractivity contribution in [2.45, 2.75) is 31.2 Å². The molecule has 1 aromatic carbocycles. The summed E-state index contributed by atoms with van der Waals surface area (Å²) < 4.78 is 25.8. The number of hydrogen-bond acceptors (Lipinski definition) is 6. The summed E-state index contributed by atoms with van der Waals surface area (Å²) in [4.78, 5) is 12.6. The summed E-state index contributed by atoms with van der Waals surface area (Å²) in [7, 11) is 1.47. The van der Waals surface area contributed by atoms with Gasteiger partial charge < -0.3 is 10.2 Å². The highest BCUT2D eigenvalue weighted by Gasteiger charge is 2.21. The Morgan fingerprint density at radius 1 is 1.29 bits per heavy atom. The molecule has 0 radical (unpaired) electrons. The lowest BCUT2D eigenvalue weighted by Crippen LogP contribution is -2.35. The van der Waals surface area contributed by atoms with E-state index >= 15 is 0 Å². The molecule has 0 aliphatic carbocycles. The Kier molecular flexibility index (Phi) is 7.12. The van der Waals surface area contributed by atoms with Crippen LogP contribution in [-0.4, -0.2) is 52.0 Å². The smallest absolute Gasteiger partial charge is 0.293 e. The van der Waals surface area contributed by atoms with Crippen LogP contribution in [0, 0.1) is 16.0 Å². The number of hydrogen-bond donors (Lipinski definition) is 2. The Balaban J connectivity index is 3.05. The highest BCUT2D eigenvalue weighted by Crippen LogP contribution is 2.27. The average molecular weight is 358 g/mol. The van der Waals surface area contributed by atoms with Crippen molar-refractivity contribution in [3.63, 3.8) is 0 Å². The average Bonchev–Trinajstić information content (AvgIpc) is 2.50. The molecule has 0 heterocycles. The van der Waals surface area contributed by atoms with E-state index in [1.54, 1.807) is 0 Å². The van der Waals surface area contributed by atoms with Crippen LogP contribution in [0.25, 0.3) is 0 Å². The Labute approximate surface area is 143 Å². The molecule has 0 saturated heterocycles. The second kappa shape index (κ2) is 8.41. The summed E-state index contributed by atoms with van der Waals surface area (Å²) in [5.74, 6) is 0.498. The van der Waals surface area contributed by atoms with Crippen LogP contribution in [0.2, 0.25) is 0 Å². The highest BCUT2D eigenvalue weighted by molar-refractivity contribution is 7.89. The molecule has 8 nitrogen and oxygen atoms in total. The fourth-order valence-corrected chi connectivity index (χ4v) is 3.10. The second-order valence-corrected chi connectivity index (χ2v) is 8.16. The zero-order chi connectivity index (χ0) is 18.5. The first-order valence-electron chi connectivity index (χ1n) is 7.70. The molecule has 24 heavy (non-hydrogen) atoms. The molecule has 0 fully saturated rings. The summed E-state index contributed by atoms with van der Waals surface area (Å²) >= 11 is 0. The minimum absolute atomic E-state index is 0.131. The van der Waals surface area contributed by atoms with Gasteiger partial charge in [0.2, 0.25) is 10.0 Å². The van der Waals surface area contributed by atoms with Gasteiger partial charge in [0.05, 0.1) is 9.82 Å². The summed E-state index contributed by atoms with van der Waals surface area (Å²) in [6.45, 7) is 4.77. The van der Waals surface area contributed by atoms with Crippen LogP contribution in [0.15, 0.2) is 23.1 Å². The molecule has 0 aliphatic heterocycles. The zero-order valence-corrected chi connectivity index (χ0v) is 15.6. The number of rotatable bonds is 9. The van der Waals surface area contributed by atoms with Crippen molar-refractivity contribution in [1.29, 1.82) is 0 Å². The van der Waals surface area contributed by atoms with Gasteiger partial charge in [0.15, 0.2) is 0 Å². The van der Waals surface area contributed by atoms with Crippen molar-refractivity contribution in [3.8, 4) is 0 Å². The van der Waals surface area contributed by atoms with E-state index in [4.69, 9.17) is 0 Å². The van der Waals surface area contributed by atoms with Crippen molar-refractivity contribution in [1.82, 2.24) is 9.62 Å².